The summed E-state index contributed by atoms with van der Waals surface area (Å²) in [6.07, 6.45) is -8.11. The number of esters is 5. The molecule has 344 valence electrons. The highest BCUT2D eigenvalue weighted by atomic mass is 35.5. The van der Waals surface area contributed by atoms with E-state index in [2.05, 4.69) is 5.32 Å². The zero-order chi connectivity index (χ0) is 47.1. The van der Waals surface area contributed by atoms with Crippen LogP contribution in [-0.4, -0.2) is 101 Å². The fourth-order valence-electron chi connectivity index (χ4n) is 10.4. The first kappa shape index (κ1) is 47.1. The number of nitrogens with one attached hydrogen (secondary N) is 1. The van der Waals surface area contributed by atoms with Crippen LogP contribution in [0.1, 0.15) is 93.1 Å². The molecule has 2 saturated carbocycles. The monoisotopic (exact) mass is 913 g/mol. The summed E-state index contributed by atoms with van der Waals surface area (Å²) in [4.78, 5) is 97.1. The van der Waals surface area contributed by atoms with Gasteiger partial charge in [0, 0.05) is 44.1 Å². The largest absolute Gasteiger partial charge is 0.460 e. The highest BCUT2D eigenvalue weighted by Gasteiger charge is 2.77. The van der Waals surface area contributed by atoms with Crippen LogP contribution in [0.3, 0.4) is 0 Å². The standard InChI is InChI=1S/C49H52ClNO14/c1-27-33-22-35(54)47(6)36(63-38(55)25-50)23-37-48(26-60-37,65-29(3)53)41(47)42(64-44(57)32-20-14-9-15-21-32)49(59,46(33,4)5)24-34(27)62-45(58)40(61-28(2)52)39(30-16-10-7-11-17-30)51-43(56)31-18-12-8-13-19-31/h7-21,34,36-37,39-42,59H,22-26H2,1-6H3,(H,51,56)/t34-,36-,37+,39-,40+,41-,42-,47+,48-,49+/m0/s1. The molecular weight excluding hydrogens is 862 g/mol. The minimum absolute atomic E-state index is 0.0901. The summed E-state index contributed by atoms with van der Waals surface area (Å²) >= 11 is 5.93. The first-order valence-electron chi connectivity index (χ1n) is 21.4. The van der Waals surface area contributed by atoms with Crippen molar-refractivity contribution in [2.75, 3.05) is 12.5 Å². The lowest BCUT2D eigenvalue weighted by Gasteiger charge is -2.67. The van der Waals surface area contributed by atoms with Crippen LogP contribution < -0.4 is 5.32 Å². The van der Waals surface area contributed by atoms with Crippen molar-refractivity contribution in [3.05, 3.63) is 119 Å². The van der Waals surface area contributed by atoms with Gasteiger partial charge in [0.05, 0.1) is 23.5 Å². The number of carbonyl (C=O) groups excluding carboxylic acids is 7. The van der Waals surface area contributed by atoms with Crippen molar-refractivity contribution < 1.29 is 67.1 Å². The first-order chi connectivity index (χ1) is 30.8. The number of alkyl halides is 1. The molecule has 3 aromatic rings. The zero-order valence-corrected chi connectivity index (χ0v) is 37.6. The molecule has 1 aliphatic heterocycles. The topological polar surface area (TPSA) is 207 Å². The van der Waals surface area contributed by atoms with Crippen LogP contribution in [0.4, 0.5) is 0 Å². The maximum absolute atomic E-state index is 15.4. The Kier molecular flexibility index (Phi) is 13.2. The molecule has 0 spiro atoms. The highest BCUT2D eigenvalue weighted by Crippen LogP contribution is 2.64. The predicted molar refractivity (Wildman–Crippen MR) is 231 cm³/mol. The van der Waals surface area contributed by atoms with Crippen molar-refractivity contribution in [3.63, 3.8) is 0 Å². The number of carbonyl (C=O) groups is 7. The minimum Gasteiger partial charge on any atom is -0.460 e. The number of amides is 1. The average Bonchev–Trinajstić information content (AvgIpc) is 3.27. The van der Waals surface area contributed by atoms with E-state index in [-0.39, 0.29) is 30.6 Å². The van der Waals surface area contributed by atoms with Gasteiger partial charge in [0.1, 0.15) is 47.7 Å². The summed E-state index contributed by atoms with van der Waals surface area (Å²) in [5.41, 5.74) is -5.79. The molecule has 2 bridgehead atoms. The molecule has 0 radical (unpaired) electrons. The molecule has 0 unspecified atom stereocenters. The number of Topliss-reactive ketones (excluding diaryl/α,β-unsaturated/α-hetero) is 1. The van der Waals surface area contributed by atoms with Gasteiger partial charge in [-0.15, -0.1) is 11.6 Å². The van der Waals surface area contributed by atoms with E-state index in [1.165, 1.54) is 26.0 Å². The summed E-state index contributed by atoms with van der Waals surface area (Å²) in [5, 5.41) is 16.6. The second-order valence-electron chi connectivity index (χ2n) is 17.8. The lowest BCUT2D eigenvalue weighted by Crippen LogP contribution is -2.81. The quantitative estimate of drug-likeness (QED) is 0.0989. The van der Waals surface area contributed by atoms with Crippen molar-refractivity contribution in [1.29, 1.82) is 0 Å². The van der Waals surface area contributed by atoms with Gasteiger partial charge in [-0.05, 0) is 49.2 Å². The van der Waals surface area contributed by atoms with E-state index >= 15 is 4.79 Å². The molecule has 7 rings (SSSR count). The third-order valence-corrected chi connectivity index (χ3v) is 14.1. The van der Waals surface area contributed by atoms with Crippen LogP contribution in [0.5, 0.6) is 0 Å². The van der Waals surface area contributed by atoms with E-state index in [1.54, 1.807) is 99.6 Å². The maximum atomic E-state index is 15.4. The normalized spacial score (nSPS) is 29.7. The van der Waals surface area contributed by atoms with Crippen LogP contribution in [0.15, 0.2) is 102 Å². The molecule has 3 fully saturated rings. The van der Waals surface area contributed by atoms with Gasteiger partial charge in [-0.1, -0.05) is 86.2 Å². The van der Waals surface area contributed by atoms with Gasteiger partial charge in [0.15, 0.2) is 5.60 Å². The number of ketones is 1. The molecule has 10 atom stereocenters. The van der Waals surface area contributed by atoms with Gasteiger partial charge < -0.3 is 38.8 Å². The number of hydrogen-bond donors (Lipinski definition) is 2. The maximum Gasteiger partial charge on any atom is 0.350 e. The summed E-state index contributed by atoms with van der Waals surface area (Å²) < 4.78 is 36.5. The summed E-state index contributed by atoms with van der Waals surface area (Å²) in [6, 6.07) is 23.3. The Labute approximate surface area is 381 Å². The Morgan fingerprint density at radius 1 is 0.846 bits per heavy atom. The number of fused-ring (bicyclic) bond motifs is 5. The summed E-state index contributed by atoms with van der Waals surface area (Å²) in [5.74, 6) is -7.55. The number of hydrogen-bond acceptors (Lipinski definition) is 14. The molecule has 16 heteroatoms. The molecule has 1 saturated heterocycles. The summed E-state index contributed by atoms with van der Waals surface area (Å²) in [7, 11) is 0. The van der Waals surface area contributed by atoms with Crippen molar-refractivity contribution in [1.82, 2.24) is 5.32 Å². The Morgan fingerprint density at radius 2 is 1.45 bits per heavy atom. The van der Waals surface area contributed by atoms with E-state index in [4.69, 9.17) is 40.0 Å². The number of ether oxygens (including phenoxy) is 6. The van der Waals surface area contributed by atoms with E-state index in [1.807, 2.05) is 0 Å². The van der Waals surface area contributed by atoms with Crippen LogP contribution in [0, 0.1) is 16.7 Å². The van der Waals surface area contributed by atoms with E-state index < -0.39 is 118 Å². The van der Waals surface area contributed by atoms with Gasteiger partial charge in [-0.2, -0.15) is 0 Å². The Morgan fingerprint density at radius 3 is 2.00 bits per heavy atom. The van der Waals surface area contributed by atoms with Crippen molar-refractivity contribution >= 4 is 53.1 Å². The van der Waals surface area contributed by atoms with Gasteiger partial charge in [0.2, 0.25) is 6.10 Å². The SMILES string of the molecule is CC(=O)O[C@@H](C(=O)O[C@H]1C[C@@]2(O)[C@@H](OC(=O)c3ccccc3)[C@@H]3[C@]4(OC(C)=O)CO[C@@H]4C[C@H](OC(=O)CCl)[C@@]3(C)C(=O)CC(=C1C)C2(C)C)[C@@H](NC(=O)c1ccccc1)c1ccccc1. The Balaban J connectivity index is 1.38. The molecule has 65 heavy (non-hydrogen) atoms. The molecule has 15 nitrogen and oxygen atoms in total. The van der Waals surface area contributed by atoms with E-state index in [0.717, 1.165) is 6.92 Å². The molecule has 2 N–H and O–H groups in total. The number of aliphatic hydroxyl groups is 1. The number of benzene rings is 3. The second kappa shape index (κ2) is 18.2. The Bertz CT molecular complexity index is 2390. The van der Waals surface area contributed by atoms with Gasteiger partial charge in [0.25, 0.3) is 5.91 Å². The molecule has 3 aromatic carbocycles. The van der Waals surface area contributed by atoms with Gasteiger partial charge in [-0.25, -0.2) is 9.59 Å². The van der Waals surface area contributed by atoms with Gasteiger partial charge in [-0.3, -0.25) is 24.0 Å². The average molecular weight is 914 g/mol. The molecule has 4 aliphatic rings. The zero-order valence-electron chi connectivity index (χ0n) is 36.9. The van der Waals surface area contributed by atoms with Crippen LogP contribution in [-0.2, 0) is 52.4 Å². The van der Waals surface area contributed by atoms with Crippen LogP contribution >= 0.6 is 11.6 Å². The number of rotatable bonds is 12. The molecular formula is C49H52ClNO14. The minimum atomic E-state index is -2.27. The third-order valence-electron chi connectivity index (χ3n) is 13.9. The first-order valence-corrected chi connectivity index (χ1v) is 21.9. The highest BCUT2D eigenvalue weighted by molar-refractivity contribution is 6.26. The fraction of sp³-hybridized carbons (Fsp3) is 0.449. The second-order valence-corrected chi connectivity index (χ2v) is 18.1. The van der Waals surface area contributed by atoms with Crippen molar-refractivity contribution in [3.8, 4) is 0 Å². The molecule has 0 aromatic heterocycles. The van der Waals surface area contributed by atoms with E-state index in [9.17, 15) is 33.9 Å². The molecule has 1 amide bonds. The molecule has 3 aliphatic carbocycles. The fourth-order valence-corrected chi connectivity index (χ4v) is 10.4. The predicted octanol–water partition coefficient (Wildman–Crippen LogP) is 5.55. The van der Waals surface area contributed by atoms with Gasteiger partial charge >= 0.3 is 29.8 Å². The third kappa shape index (κ3) is 8.45. The van der Waals surface area contributed by atoms with Crippen LogP contribution in [0.25, 0.3) is 0 Å². The van der Waals surface area contributed by atoms with E-state index in [0.29, 0.717) is 16.7 Å². The van der Waals surface area contributed by atoms with Crippen molar-refractivity contribution in [2.24, 2.45) is 16.7 Å². The smallest absolute Gasteiger partial charge is 0.350 e. The lowest BCUT2D eigenvalue weighted by atomic mass is 9.45. The van der Waals surface area contributed by atoms with Crippen molar-refractivity contribution in [2.45, 2.75) is 109 Å². The number of halogens is 1. The molecule has 1 heterocycles. The lowest BCUT2D eigenvalue weighted by molar-refractivity contribution is -0.345. The summed E-state index contributed by atoms with van der Waals surface area (Å²) in [6.45, 7) is 8.55. The Hall–Kier alpha value is -5.90. The van der Waals surface area contributed by atoms with Crippen LogP contribution in [0.2, 0.25) is 0 Å².